The highest BCUT2D eigenvalue weighted by Crippen LogP contribution is 2.33. The fourth-order valence-corrected chi connectivity index (χ4v) is 3.97. The van der Waals surface area contributed by atoms with E-state index in [0.717, 1.165) is 12.5 Å². The number of H-pyrrole nitrogens is 1. The average molecular weight is 455 g/mol. The Hall–Kier alpha value is -3.95. The third-order valence-electron chi connectivity index (χ3n) is 5.62. The van der Waals surface area contributed by atoms with E-state index in [1.54, 1.807) is 17.2 Å². The van der Waals surface area contributed by atoms with Crippen LogP contribution in [0.2, 0.25) is 0 Å². The Kier molecular flexibility index (Phi) is 6.25. The predicted octanol–water partition coefficient (Wildman–Crippen LogP) is 3.62. The van der Waals surface area contributed by atoms with E-state index in [4.69, 9.17) is 5.73 Å². The molecule has 0 radical (unpaired) electrons. The number of aromatic amines is 1. The molecule has 1 unspecified atom stereocenters. The molecule has 33 heavy (non-hydrogen) atoms. The molecule has 0 aliphatic carbocycles. The zero-order valence-electron chi connectivity index (χ0n) is 17.9. The number of hydrogen-bond donors (Lipinski definition) is 3. The molecule has 4 N–H and O–H groups in total. The van der Waals surface area contributed by atoms with E-state index in [0.29, 0.717) is 30.0 Å². The number of hydrogen-bond acceptors (Lipinski definition) is 5. The van der Waals surface area contributed by atoms with Crippen LogP contribution in [0.25, 0.3) is 22.4 Å². The number of aromatic nitrogens is 2. The van der Waals surface area contributed by atoms with Crippen molar-refractivity contribution in [1.29, 1.82) is 0 Å². The number of ether oxygens (including phenoxy) is 1. The summed E-state index contributed by atoms with van der Waals surface area (Å²) in [7, 11) is 1.23. The summed E-state index contributed by atoms with van der Waals surface area (Å²) < 4.78 is 33.5. The van der Waals surface area contributed by atoms with Crippen LogP contribution in [0.3, 0.4) is 0 Å². The zero-order valence-corrected chi connectivity index (χ0v) is 17.9. The van der Waals surface area contributed by atoms with Gasteiger partial charge in [0.2, 0.25) is 5.91 Å². The highest BCUT2D eigenvalue weighted by molar-refractivity contribution is 5.82. The molecular weight excluding hydrogens is 432 g/mol. The molecule has 1 aromatic heterocycles. The van der Waals surface area contributed by atoms with Crippen molar-refractivity contribution >= 4 is 17.7 Å². The predicted molar refractivity (Wildman–Crippen MR) is 118 cm³/mol. The van der Waals surface area contributed by atoms with Gasteiger partial charge in [0.15, 0.2) is 0 Å². The molecule has 0 saturated carbocycles. The summed E-state index contributed by atoms with van der Waals surface area (Å²) in [5.41, 5.74) is 7.19. The Morgan fingerprint density at radius 1 is 1.21 bits per heavy atom. The van der Waals surface area contributed by atoms with E-state index in [1.165, 1.54) is 31.4 Å². The van der Waals surface area contributed by atoms with E-state index in [9.17, 15) is 18.4 Å². The quantitative estimate of drug-likeness (QED) is 0.509. The van der Waals surface area contributed by atoms with Crippen molar-refractivity contribution in [3.8, 4) is 22.4 Å². The number of nitrogens with two attached hydrogens (primary N) is 1. The number of benzene rings is 2. The number of nitrogen functional groups attached to an aromatic ring is 1. The van der Waals surface area contributed by atoms with Crippen LogP contribution in [0, 0.1) is 11.6 Å². The van der Waals surface area contributed by atoms with E-state index in [1.807, 2.05) is 0 Å². The van der Waals surface area contributed by atoms with Crippen LogP contribution >= 0.6 is 0 Å². The van der Waals surface area contributed by atoms with Gasteiger partial charge in [0, 0.05) is 28.9 Å². The molecule has 172 valence electrons. The third kappa shape index (κ3) is 4.64. The number of likely N-dealkylation sites (tertiary alicyclic amines) is 1. The van der Waals surface area contributed by atoms with Crippen molar-refractivity contribution in [3.63, 3.8) is 0 Å². The summed E-state index contributed by atoms with van der Waals surface area (Å²) in [6.45, 7) is 0.365. The topological polar surface area (TPSA) is 113 Å². The van der Waals surface area contributed by atoms with Crippen molar-refractivity contribution in [3.05, 3.63) is 60.1 Å². The van der Waals surface area contributed by atoms with Crippen molar-refractivity contribution < 1.29 is 23.1 Å². The average Bonchev–Trinajstić information content (AvgIpc) is 3.47. The van der Waals surface area contributed by atoms with Gasteiger partial charge < -0.3 is 25.7 Å². The lowest BCUT2D eigenvalue weighted by atomic mass is 10.0. The summed E-state index contributed by atoms with van der Waals surface area (Å²) in [6.07, 6.45) is 2.40. The molecule has 2 amide bonds. The van der Waals surface area contributed by atoms with Crippen LogP contribution < -0.4 is 11.1 Å². The number of rotatable bonds is 5. The number of amides is 2. The van der Waals surface area contributed by atoms with E-state index < -0.39 is 17.7 Å². The van der Waals surface area contributed by atoms with E-state index in [2.05, 4.69) is 20.0 Å². The number of carbonyl (C=O) groups is 2. The smallest absolute Gasteiger partial charge is 0.407 e. The number of nitrogens with one attached hydrogen (secondary N) is 2. The largest absolute Gasteiger partial charge is 0.453 e. The first kappa shape index (κ1) is 22.3. The second-order valence-corrected chi connectivity index (χ2v) is 7.71. The van der Waals surface area contributed by atoms with Crippen LogP contribution in [-0.2, 0) is 9.53 Å². The maximum absolute atomic E-state index is 14.8. The number of carbonyl (C=O) groups excluding carboxylic acids is 2. The highest BCUT2D eigenvalue weighted by Gasteiger charge is 2.32. The van der Waals surface area contributed by atoms with Gasteiger partial charge in [0.05, 0.1) is 25.0 Å². The molecule has 1 atom stereocenters. The van der Waals surface area contributed by atoms with Crippen LogP contribution in [0.5, 0.6) is 0 Å². The maximum Gasteiger partial charge on any atom is 0.407 e. The standard InChI is InChI=1S/C23H23F2N5O3/c1-33-23(32)28-12-21(31)30-8-2-3-20(30)22-27-11-19(29-22)13-4-6-15(17(24)9-13)16-7-5-14(26)10-18(16)25/h4-7,9-11,20H,2-3,8,12,26H2,1H3,(H,27,29)(H,28,32). The fraction of sp³-hybridized carbons (Fsp3) is 0.261. The van der Waals surface area contributed by atoms with Crippen LogP contribution in [-0.4, -0.2) is 47.1 Å². The monoisotopic (exact) mass is 455 g/mol. The number of methoxy groups -OCH3 is 1. The second kappa shape index (κ2) is 9.27. The molecule has 0 spiro atoms. The molecule has 2 heterocycles. The molecule has 3 aromatic rings. The minimum absolute atomic E-state index is 0.124. The zero-order chi connectivity index (χ0) is 23.5. The molecule has 1 saturated heterocycles. The molecule has 0 bridgehead atoms. The molecular formula is C23H23F2N5O3. The summed E-state index contributed by atoms with van der Waals surface area (Å²) >= 11 is 0. The number of alkyl carbamates (subject to hydrolysis) is 1. The lowest BCUT2D eigenvalue weighted by Crippen LogP contribution is -2.40. The van der Waals surface area contributed by atoms with Crippen molar-refractivity contribution in [2.24, 2.45) is 0 Å². The molecule has 10 heteroatoms. The first-order valence-corrected chi connectivity index (χ1v) is 10.4. The van der Waals surface area contributed by atoms with Gasteiger partial charge >= 0.3 is 6.09 Å². The Morgan fingerprint density at radius 3 is 2.64 bits per heavy atom. The summed E-state index contributed by atoms with van der Waals surface area (Å²) in [5.74, 6) is -0.859. The lowest BCUT2D eigenvalue weighted by Gasteiger charge is -2.23. The van der Waals surface area contributed by atoms with Gasteiger partial charge in [-0.15, -0.1) is 0 Å². The molecule has 2 aromatic carbocycles. The number of nitrogens with zero attached hydrogens (tertiary/aromatic N) is 2. The van der Waals surface area contributed by atoms with Crippen LogP contribution in [0.1, 0.15) is 24.7 Å². The first-order chi connectivity index (χ1) is 15.9. The lowest BCUT2D eigenvalue weighted by molar-refractivity contribution is -0.131. The van der Waals surface area contributed by atoms with E-state index >= 15 is 0 Å². The van der Waals surface area contributed by atoms with Gasteiger partial charge in [-0.2, -0.15) is 0 Å². The summed E-state index contributed by atoms with van der Waals surface area (Å²) in [4.78, 5) is 33.0. The Balaban J connectivity index is 1.52. The summed E-state index contributed by atoms with van der Waals surface area (Å²) in [6, 6.07) is 8.31. The third-order valence-corrected chi connectivity index (χ3v) is 5.62. The van der Waals surface area contributed by atoms with Crippen molar-refractivity contribution in [1.82, 2.24) is 20.2 Å². The van der Waals surface area contributed by atoms with Gasteiger partial charge in [0.25, 0.3) is 0 Å². The van der Waals surface area contributed by atoms with Crippen LogP contribution in [0.4, 0.5) is 19.3 Å². The van der Waals surface area contributed by atoms with Gasteiger partial charge in [0.1, 0.15) is 24.0 Å². The fourth-order valence-electron chi connectivity index (χ4n) is 3.97. The molecule has 1 aliphatic heterocycles. The van der Waals surface area contributed by atoms with Crippen molar-refractivity contribution in [2.75, 3.05) is 25.9 Å². The Bertz CT molecular complexity index is 1200. The normalized spacial score (nSPS) is 15.5. The molecule has 4 rings (SSSR count). The van der Waals surface area contributed by atoms with Gasteiger partial charge in [-0.3, -0.25) is 4.79 Å². The number of anilines is 1. The van der Waals surface area contributed by atoms with Crippen molar-refractivity contribution in [2.45, 2.75) is 18.9 Å². The molecule has 1 aliphatic rings. The second-order valence-electron chi connectivity index (χ2n) is 7.71. The molecule has 8 nitrogen and oxygen atoms in total. The SMILES string of the molecule is COC(=O)NCC(=O)N1CCCC1c1ncc(-c2ccc(-c3ccc(N)cc3F)c(F)c2)[nH]1. The number of imidazole rings is 1. The Labute approximate surface area is 188 Å². The minimum Gasteiger partial charge on any atom is -0.453 e. The Morgan fingerprint density at radius 2 is 1.94 bits per heavy atom. The summed E-state index contributed by atoms with van der Waals surface area (Å²) in [5, 5.41) is 2.39. The highest BCUT2D eigenvalue weighted by atomic mass is 19.1. The number of halogens is 2. The maximum atomic E-state index is 14.8. The van der Waals surface area contributed by atoms with Gasteiger partial charge in [-0.05, 0) is 37.1 Å². The molecule has 1 fully saturated rings. The minimum atomic E-state index is -0.677. The first-order valence-electron chi connectivity index (χ1n) is 10.4. The van der Waals surface area contributed by atoms with Gasteiger partial charge in [-0.25, -0.2) is 18.6 Å². The van der Waals surface area contributed by atoms with Gasteiger partial charge in [-0.1, -0.05) is 12.1 Å². The van der Waals surface area contributed by atoms with Crippen LogP contribution in [0.15, 0.2) is 42.6 Å². The van der Waals surface area contributed by atoms with E-state index in [-0.39, 0.29) is 35.3 Å².